The number of hydrogen-bond acceptors (Lipinski definition) is 5. The molecular formula is C19H20N4O2S. The van der Waals surface area contributed by atoms with Gasteiger partial charge in [0.1, 0.15) is 12.4 Å². The van der Waals surface area contributed by atoms with E-state index in [9.17, 15) is 4.79 Å². The van der Waals surface area contributed by atoms with Crippen molar-refractivity contribution in [2.24, 2.45) is 5.73 Å². The Balaban J connectivity index is 1.90. The lowest BCUT2D eigenvalue weighted by molar-refractivity contribution is -0.115. The van der Waals surface area contributed by atoms with Crippen LogP contribution in [0.3, 0.4) is 0 Å². The van der Waals surface area contributed by atoms with Crippen LogP contribution in [0.1, 0.15) is 17.0 Å². The molecule has 26 heavy (non-hydrogen) atoms. The van der Waals surface area contributed by atoms with Crippen LogP contribution < -0.4 is 10.5 Å². The van der Waals surface area contributed by atoms with Gasteiger partial charge in [-0.3, -0.25) is 9.36 Å². The number of carbonyl (C=O) groups excluding carboxylic acids is 1. The molecule has 0 fully saturated rings. The molecule has 6 nitrogen and oxygen atoms in total. The molecule has 1 amide bonds. The van der Waals surface area contributed by atoms with Gasteiger partial charge in [0, 0.05) is 5.69 Å². The topological polar surface area (TPSA) is 83.0 Å². The highest BCUT2D eigenvalue weighted by molar-refractivity contribution is 7.99. The molecule has 3 aromatic rings. The molecule has 0 radical (unpaired) electrons. The van der Waals surface area contributed by atoms with E-state index < -0.39 is 5.91 Å². The summed E-state index contributed by atoms with van der Waals surface area (Å²) < 4.78 is 7.92. The second-order valence-electron chi connectivity index (χ2n) is 5.83. The zero-order chi connectivity index (χ0) is 18.5. The lowest BCUT2D eigenvalue weighted by Crippen LogP contribution is -2.14. The van der Waals surface area contributed by atoms with Gasteiger partial charge in [0.2, 0.25) is 5.91 Å². The van der Waals surface area contributed by atoms with Gasteiger partial charge >= 0.3 is 0 Å². The number of para-hydroxylation sites is 2. The fourth-order valence-electron chi connectivity index (χ4n) is 2.62. The molecule has 0 aliphatic carbocycles. The van der Waals surface area contributed by atoms with Crippen molar-refractivity contribution in [3.05, 3.63) is 65.5 Å². The Morgan fingerprint density at radius 3 is 2.42 bits per heavy atom. The molecule has 1 heterocycles. The van der Waals surface area contributed by atoms with Gasteiger partial charge in [-0.2, -0.15) is 0 Å². The zero-order valence-electron chi connectivity index (χ0n) is 14.7. The van der Waals surface area contributed by atoms with E-state index in [1.54, 1.807) is 0 Å². The van der Waals surface area contributed by atoms with Crippen molar-refractivity contribution >= 4 is 17.7 Å². The van der Waals surface area contributed by atoms with Crippen molar-refractivity contribution in [1.29, 1.82) is 0 Å². The minimum atomic E-state index is -0.397. The Hall–Kier alpha value is -2.80. The quantitative estimate of drug-likeness (QED) is 0.648. The zero-order valence-corrected chi connectivity index (χ0v) is 15.5. The molecule has 0 atom stereocenters. The molecule has 7 heteroatoms. The van der Waals surface area contributed by atoms with Crippen molar-refractivity contribution in [3.8, 4) is 11.4 Å². The third-order valence-corrected chi connectivity index (χ3v) is 4.76. The Kier molecular flexibility index (Phi) is 5.58. The van der Waals surface area contributed by atoms with E-state index in [0.29, 0.717) is 11.0 Å². The normalized spacial score (nSPS) is 10.7. The van der Waals surface area contributed by atoms with E-state index in [1.807, 2.05) is 66.9 Å². The Morgan fingerprint density at radius 2 is 1.77 bits per heavy atom. The van der Waals surface area contributed by atoms with E-state index >= 15 is 0 Å². The Bertz CT molecular complexity index is 889. The lowest BCUT2D eigenvalue weighted by Gasteiger charge is -2.13. The smallest absolute Gasteiger partial charge is 0.227 e. The highest BCUT2D eigenvalue weighted by atomic mass is 32.2. The van der Waals surface area contributed by atoms with Gasteiger partial charge in [0.15, 0.2) is 11.0 Å². The number of primary amides is 1. The number of benzene rings is 2. The van der Waals surface area contributed by atoms with Gasteiger partial charge in [0.05, 0.1) is 5.75 Å². The van der Waals surface area contributed by atoms with Crippen LogP contribution in [0.2, 0.25) is 0 Å². The third-order valence-electron chi connectivity index (χ3n) is 3.81. The summed E-state index contributed by atoms with van der Waals surface area (Å²) >= 11 is 1.26. The summed E-state index contributed by atoms with van der Waals surface area (Å²) in [5.74, 6) is 1.25. The SMILES string of the molecule is Cc1cccc(C)c1OCc1nnc(SCC(N)=O)n1-c1ccccc1. The molecule has 0 aliphatic heterocycles. The van der Waals surface area contributed by atoms with Crippen LogP contribution in [-0.2, 0) is 11.4 Å². The largest absolute Gasteiger partial charge is 0.485 e. The first-order chi connectivity index (χ1) is 12.6. The van der Waals surface area contributed by atoms with Gasteiger partial charge in [-0.1, -0.05) is 48.2 Å². The molecule has 0 unspecified atom stereocenters. The average Bonchev–Trinajstić information content (AvgIpc) is 3.03. The van der Waals surface area contributed by atoms with Crippen LogP contribution in [0.15, 0.2) is 53.7 Å². The van der Waals surface area contributed by atoms with Crippen LogP contribution in [0, 0.1) is 13.8 Å². The number of rotatable bonds is 7. The summed E-state index contributed by atoms with van der Waals surface area (Å²) in [6.07, 6.45) is 0. The molecule has 2 N–H and O–H groups in total. The molecule has 0 saturated carbocycles. The van der Waals surface area contributed by atoms with E-state index in [0.717, 1.165) is 22.6 Å². The summed E-state index contributed by atoms with van der Waals surface area (Å²) in [5.41, 5.74) is 8.31. The lowest BCUT2D eigenvalue weighted by atomic mass is 10.1. The predicted octanol–water partition coefficient (Wildman–Crippen LogP) is 3.04. The Labute approximate surface area is 156 Å². The van der Waals surface area contributed by atoms with Crippen molar-refractivity contribution in [2.75, 3.05) is 5.75 Å². The number of nitrogens with zero attached hydrogens (tertiary/aromatic N) is 3. The first-order valence-electron chi connectivity index (χ1n) is 8.16. The first kappa shape index (κ1) is 18.0. The number of carbonyl (C=O) groups is 1. The number of aryl methyl sites for hydroxylation is 2. The van der Waals surface area contributed by atoms with Gasteiger partial charge in [-0.25, -0.2) is 0 Å². The van der Waals surface area contributed by atoms with Crippen LogP contribution in [0.5, 0.6) is 5.75 Å². The first-order valence-corrected chi connectivity index (χ1v) is 9.14. The minimum absolute atomic E-state index is 0.142. The van der Waals surface area contributed by atoms with Crippen LogP contribution in [-0.4, -0.2) is 26.4 Å². The number of thioether (sulfide) groups is 1. The minimum Gasteiger partial charge on any atom is -0.485 e. The molecule has 2 aromatic carbocycles. The number of hydrogen-bond donors (Lipinski definition) is 1. The second kappa shape index (κ2) is 8.05. The van der Waals surface area contributed by atoms with E-state index in [-0.39, 0.29) is 12.4 Å². The monoisotopic (exact) mass is 368 g/mol. The molecule has 0 aliphatic rings. The highest BCUT2D eigenvalue weighted by Gasteiger charge is 2.16. The number of nitrogens with two attached hydrogens (primary N) is 1. The second-order valence-corrected chi connectivity index (χ2v) is 6.78. The number of amides is 1. The molecule has 0 saturated heterocycles. The summed E-state index contributed by atoms with van der Waals surface area (Å²) in [7, 11) is 0. The van der Waals surface area contributed by atoms with Gasteiger partial charge < -0.3 is 10.5 Å². The van der Waals surface area contributed by atoms with Crippen molar-refractivity contribution < 1.29 is 9.53 Å². The maximum Gasteiger partial charge on any atom is 0.227 e. The fraction of sp³-hybridized carbons (Fsp3) is 0.211. The number of ether oxygens (including phenoxy) is 1. The maximum atomic E-state index is 11.1. The maximum absolute atomic E-state index is 11.1. The molecule has 0 bridgehead atoms. The summed E-state index contributed by atoms with van der Waals surface area (Å²) in [6, 6.07) is 15.8. The third kappa shape index (κ3) is 4.05. The Morgan fingerprint density at radius 1 is 1.08 bits per heavy atom. The van der Waals surface area contributed by atoms with Crippen LogP contribution in [0.25, 0.3) is 5.69 Å². The van der Waals surface area contributed by atoms with Crippen molar-refractivity contribution in [1.82, 2.24) is 14.8 Å². The van der Waals surface area contributed by atoms with E-state index in [1.165, 1.54) is 11.8 Å². The van der Waals surface area contributed by atoms with Gasteiger partial charge in [-0.05, 0) is 37.1 Å². The van der Waals surface area contributed by atoms with E-state index in [2.05, 4.69) is 10.2 Å². The van der Waals surface area contributed by atoms with Crippen LogP contribution in [0.4, 0.5) is 0 Å². The molecule has 134 valence electrons. The summed E-state index contributed by atoms with van der Waals surface area (Å²) in [5, 5.41) is 9.08. The van der Waals surface area contributed by atoms with Gasteiger partial charge in [-0.15, -0.1) is 10.2 Å². The van der Waals surface area contributed by atoms with E-state index in [4.69, 9.17) is 10.5 Å². The molecular weight excluding hydrogens is 348 g/mol. The predicted molar refractivity (Wildman–Crippen MR) is 102 cm³/mol. The molecule has 0 spiro atoms. The summed E-state index contributed by atoms with van der Waals surface area (Å²) in [6.45, 7) is 4.29. The number of aromatic nitrogens is 3. The van der Waals surface area contributed by atoms with Crippen LogP contribution >= 0.6 is 11.8 Å². The standard InChI is InChI=1S/C19H20N4O2S/c1-13-7-6-8-14(2)18(13)25-11-17-21-22-19(26-12-16(20)24)23(17)15-9-4-3-5-10-15/h3-10H,11-12H2,1-2H3,(H2,20,24). The van der Waals surface area contributed by atoms with Crippen molar-refractivity contribution in [3.63, 3.8) is 0 Å². The average molecular weight is 368 g/mol. The summed E-state index contributed by atoms with van der Waals surface area (Å²) in [4.78, 5) is 11.1. The van der Waals surface area contributed by atoms with Gasteiger partial charge in [0.25, 0.3) is 0 Å². The van der Waals surface area contributed by atoms with Crippen molar-refractivity contribution in [2.45, 2.75) is 25.6 Å². The molecule has 3 rings (SSSR count). The molecule has 1 aromatic heterocycles. The fourth-order valence-corrected chi connectivity index (χ4v) is 3.33. The highest BCUT2D eigenvalue weighted by Crippen LogP contribution is 2.25.